The second-order valence-electron chi connectivity index (χ2n) is 6.39. The number of carbonyl (C=O) groups is 1. The summed E-state index contributed by atoms with van der Waals surface area (Å²) in [7, 11) is 1.60. The third-order valence-corrected chi connectivity index (χ3v) is 5.66. The zero-order valence-corrected chi connectivity index (χ0v) is 17.7. The number of hydrogen-bond acceptors (Lipinski definition) is 6. The van der Waals surface area contributed by atoms with Crippen molar-refractivity contribution in [2.45, 2.75) is 6.54 Å². The molecule has 2 heterocycles. The van der Waals surface area contributed by atoms with Gasteiger partial charge in [0, 0.05) is 17.4 Å². The summed E-state index contributed by atoms with van der Waals surface area (Å²) in [5.74, 6) is 1.02. The van der Waals surface area contributed by atoms with Gasteiger partial charge in [0.25, 0.3) is 5.91 Å². The van der Waals surface area contributed by atoms with E-state index in [1.165, 1.54) is 11.3 Å². The molecule has 0 saturated heterocycles. The van der Waals surface area contributed by atoms with Gasteiger partial charge in [-0.2, -0.15) is 0 Å². The zero-order chi connectivity index (χ0) is 20.9. The van der Waals surface area contributed by atoms with Gasteiger partial charge in [0.05, 0.1) is 18.4 Å². The normalized spacial score (nSPS) is 10.7. The predicted octanol–water partition coefficient (Wildman–Crippen LogP) is 4.97. The van der Waals surface area contributed by atoms with E-state index in [1.807, 2.05) is 30.3 Å². The number of para-hydroxylation sites is 1. The molecule has 4 aromatic rings. The number of pyridine rings is 1. The summed E-state index contributed by atoms with van der Waals surface area (Å²) >= 11 is 7.33. The van der Waals surface area contributed by atoms with Gasteiger partial charge in [0.1, 0.15) is 17.0 Å². The number of fused-ring (bicyclic) bond motifs is 1. The molecule has 0 unspecified atom stereocenters. The number of anilines is 1. The molecule has 0 aliphatic heterocycles. The minimum Gasteiger partial charge on any atom is -0.494 e. The predicted molar refractivity (Wildman–Crippen MR) is 119 cm³/mol. The number of ether oxygens (including phenoxy) is 2. The highest BCUT2D eigenvalue weighted by Gasteiger charge is 2.22. The Bertz CT molecular complexity index is 1150. The number of thiazole rings is 1. The Morgan fingerprint density at radius 3 is 2.70 bits per heavy atom. The highest BCUT2D eigenvalue weighted by Crippen LogP contribution is 2.34. The molecular formula is C22H18ClN3O3S. The summed E-state index contributed by atoms with van der Waals surface area (Å²) in [6.07, 6.45) is 3.43. The molecule has 0 saturated carbocycles. The molecule has 0 radical (unpaired) electrons. The molecule has 0 aliphatic carbocycles. The SMILES string of the molecule is COc1cccc2sc(N(Cc3cccnc3)C(=O)COc3ccc(Cl)cc3)nc12. The molecule has 0 spiro atoms. The smallest absolute Gasteiger partial charge is 0.267 e. The fourth-order valence-corrected chi connectivity index (χ4v) is 4.01. The molecule has 4 rings (SSSR count). The van der Waals surface area contributed by atoms with Crippen LogP contribution >= 0.6 is 22.9 Å². The van der Waals surface area contributed by atoms with Gasteiger partial charge in [-0.3, -0.25) is 14.7 Å². The van der Waals surface area contributed by atoms with Gasteiger partial charge in [-0.15, -0.1) is 0 Å². The summed E-state index contributed by atoms with van der Waals surface area (Å²) in [6.45, 7) is 0.202. The Morgan fingerprint density at radius 2 is 1.97 bits per heavy atom. The van der Waals surface area contributed by atoms with Crippen LogP contribution in [-0.4, -0.2) is 29.6 Å². The fraction of sp³-hybridized carbons (Fsp3) is 0.136. The Balaban J connectivity index is 1.62. The van der Waals surface area contributed by atoms with Crippen LogP contribution in [0.4, 0.5) is 5.13 Å². The largest absolute Gasteiger partial charge is 0.494 e. The Labute approximate surface area is 182 Å². The lowest BCUT2D eigenvalue weighted by molar-refractivity contribution is -0.120. The van der Waals surface area contributed by atoms with Crippen molar-refractivity contribution >= 4 is 44.2 Å². The molecule has 0 atom stereocenters. The number of nitrogens with zero attached hydrogens (tertiary/aromatic N) is 3. The lowest BCUT2D eigenvalue weighted by Crippen LogP contribution is -2.34. The monoisotopic (exact) mass is 439 g/mol. The minimum absolute atomic E-state index is 0.130. The standard InChI is InChI=1S/C22H18ClN3O3S/c1-28-18-5-2-6-19-21(18)25-22(30-19)26(13-15-4-3-11-24-12-15)20(27)14-29-17-9-7-16(23)8-10-17/h2-12H,13-14H2,1H3. The van der Waals surface area contributed by atoms with Crippen molar-refractivity contribution in [2.75, 3.05) is 18.6 Å². The van der Waals surface area contributed by atoms with Crippen molar-refractivity contribution in [1.82, 2.24) is 9.97 Å². The van der Waals surface area contributed by atoms with E-state index in [4.69, 9.17) is 21.1 Å². The highest BCUT2D eigenvalue weighted by molar-refractivity contribution is 7.22. The van der Waals surface area contributed by atoms with Crippen molar-refractivity contribution in [2.24, 2.45) is 0 Å². The number of amides is 1. The van der Waals surface area contributed by atoms with Crippen molar-refractivity contribution in [1.29, 1.82) is 0 Å². The first kappa shape index (κ1) is 20.1. The average Bonchev–Trinajstić information content (AvgIpc) is 3.21. The number of halogens is 1. The summed E-state index contributed by atoms with van der Waals surface area (Å²) in [4.78, 5) is 23.5. The molecule has 2 aromatic carbocycles. The number of carbonyl (C=O) groups excluding carboxylic acids is 1. The maximum Gasteiger partial charge on any atom is 0.267 e. The fourth-order valence-electron chi connectivity index (χ4n) is 2.88. The molecule has 1 amide bonds. The van der Waals surface area contributed by atoms with Crippen molar-refractivity contribution < 1.29 is 14.3 Å². The number of aromatic nitrogens is 2. The van der Waals surface area contributed by atoms with Crippen LogP contribution in [-0.2, 0) is 11.3 Å². The van der Waals surface area contributed by atoms with Gasteiger partial charge in [-0.1, -0.05) is 35.1 Å². The van der Waals surface area contributed by atoms with Crippen LogP contribution in [0.5, 0.6) is 11.5 Å². The van der Waals surface area contributed by atoms with E-state index in [-0.39, 0.29) is 12.5 Å². The van der Waals surface area contributed by atoms with Gasteiger partial charge in [-0.25, -0.2) is 4.98 Å². The Hall–Kier alpha value is -3.16. The summed E-state index contributed by atoms with van der Waals surface area (Å²) in [5.41, 5.74) is 1.62. The maximum absolute atomic E-state index is 13.1. The van der Waals surface area contributed by atoms with E-state index < -0.39 is 0 Å². The second-order valence-corrected chi connectivity index (χ2v) is 7.83. The Morgan fingerprint density at radius 1 is 1.13 bits per heavy atom. The summed E-state index contributed by atoms with van der Waals surface area (Å²) in [5, 5.41) is 1.18. The molecule has 2 aromatic heterocycles. The van der Waals surface area contributed by atoms with Crippen molar-refractivity contribution in [3.8, 4) is 11.5 Å². The van der Waals surface area contributed by atoms with Crippen molar-refractivity contribution in [3.63, 3.8) is 0 Å². The lowest BCUT2D eigenvalue weighted by Gasteiger charge is -2.20. The van der Waals surface area contributed by atoms with Crippen LogP contribution in [0.15, 0.2) is 67.0 Å². The molecule has 8 heteroatoms. The summed E-state index contributed by atoms with van der Waals surface area (Å²) in [6, 6.07) is 16.3. The van der Waals surface area contributed by atoms with Crippen LogP contribution in [0, 0.1) is 0 Å². The molecule has 6 nitrogen and oxygen atoms in total. The second kappa shape index (κ2) is 9.11. The van der Waals surface area contributed by atoms with Gasteiger partial charge in [-0.05, 0) is 48.0 Å². The van der Waals surface area contributed by atoms with Crippen LogP contribution in [0.25, 0.3) is 10.2 Å². The van der Waals surface area contributed by atoms with E-state index in [1.54, 1.807) is 48.7 Å². The topological polar surface area (TPSA) is 64.5 Å². The van der Waals surface area contributed by atoms with Crippen LogP contribution in [0.1, 0.15) is 5.56 Å². The summed E-state index contributed by atoms with van der Waals surface area (Å²) < 4.78 is 12.0. The maximum atomic E-state index is 13.1. The van der Waals surface area contributed by atoms with Gasteiger partial charge in [0.15, 0.2) is 11.7 Å². The lowest BCUT2D eigenvalue weighted by atomic mass is 10.2. The number of benzene rings is 2. The third-order valence-electron chi connectivity index (χ3n) is 4.36. The molecule has 0 bridgehead atoms. The zero-order valence-electron chi connectivity index (χ0n) is 16.1. The van der Waals surface area contributed by atoms with Gasteiger partial charge >= 0.3 is 0 Å². The molecule has 152 valence electrons. The first-order chi connectivity index (χ1) is 14.6. The quantitative estimate of drug-likeness (QED) is 0.407. The minimum atomic E-state index is -0.216. The molecule has 30 heavy (non-hydrogen) atoms. The van der Waals surface area contributed by atoms with E-state index in [0.29, 0.717) is 28.2 Å². The van der Waals surface area contributed by atoms with Crippen LogP contribution in [0.3, 0.4) is 0 Å². The van der Waals surface area contributed by atoms with E-state index in [9.17, 15) is 4.79 Å². The van der Waals surface area contributed by atoms with Crippen molar-refractivity contribution in [3.05, 3.63) is 77.6 Å². The molecule has 0 fully saturated rings. The average molecular weight is 440 g/mol. The number of rotatable bonds is 7. The number of hydrogen-bond donors (Lipinski definition) is 0. The van der Waals surface area contributed by atoms with E-state index >= 15 is 0 Å². The van der Waals surface area contributed by atoms with E-state index in [0.717, 1.165) is 15.8 Å². The number of methoxy groups -OCH3 is 1. The van der Waals surface area contributed by atoms with Gasteiger partial charge < -0.3 is 9.47 Å². The highest BCUT2D eigenvalue weighted by atomic mass is 35.5. The first-order valence-corrected chi connectivity index (χ1v) is 10.3. The first-order valence-electron chi connectivity index (χ1n) is 9.15. The third kappa shape index (κ3) is 4.53. The van der Waals surface area contributed by atoms with Gasteiger partial charge in [0.2, 0.25) is 0 Å². The molecular weight excluding hydrogens is 422 g/mol. The van der Waals surface area contributed by atoms with Crippen LogP contribution in [0.2, 0.25) is 5.02 Å². The molecule has 0 N–H and O–H groups in total. The Kier molecular flexibility index (Phi) is 6.11. The van der Waals surface area contributed by atoms with E-state index in [2.05, 4.69) is 9.97 Å². The van der Waals surface area contributed by atoms with Crippen LogP contribution < -0.4 is 14.4 Å². The molecule has 0 aliphatic rings.